The van der Waals surface area contributed by atoms with Crippen LogP contribution in [0, 0.1) is 13.8 Å². The standard InChI is InChI=1S/C22H12Cl8N2/c1-9-3-11(19-13(5-9)15(23)7-17(31-19)21(25,26)27)12-4-10(2)6-14-16(24)8-18(22(28,29)30)32-20(12)14/h3-8H,1-2H3. The summed E-state index contributed by atoms with van der Waals surface area (Å²) in [7, 11) is 0. The van der Waals surface area contributed by atoms with Crippen LogP contribution in [-0.4, -0.2) is 9.97 Å². The monoisotopic (exact) mass is 584 g/mol. The lowest BCUT2D eigenvalue weighted by atomic mass is 9.95. The zero-order valence-corrected chi connectivity index (χ0v) is 22.4. The Morgan fingerprint density at radius 3 is 1.22 bits per heavy atom. The zero-order valence-electron chi connectivity index (χ0n) is 16.4. The first kappa shape index (κ1) is 24.7. The molecule has 2 heterocycles. The molecule has 4 rings (SSSR count). The summed E-state index contributed by atoms with van der Waals surface area (Å²) in [6.45, 7) is 3.90. The lowest BCUT2D eigenvalue weighted by molar-refractivity contribution is 1.11. The van der Waals surface area contributed by atoms with E-state index in [0.29, 0.717) is 31.9 Å². The topological polar surface area (TPSA) is 25.8 Å². The quantitative estimate of drug-likeness (QED) is 0.207. The number of hydrogen-bond donors (Lipinski definition) is 0. The number of pyridine rings is 2. The maximum atomic E-state index is 6.55. The predicted octanol–water partition coefficient (Wildman–Crippen LogP) is 10.0. The molecule has 0 radical (unpaired) electrons. The van der Waals surface area contributed by atoms with E-state index in [2.05, 4.69) is 9.97 Å². The fourth-order valence-electron chi connectivity index (χ4n) is 3.56. The lowest BCUT2D eigenvalue weighted by Gasteiger charge is -2.18. The normalized spacial score (nSPS) is 12.7. The molecule has 0 aliphatic heterocycles. The average molecular weight is 588 g/mol. The third-order valence-corrected chi connectivity index (χ3v) is 6.67. The van der Waals surface area contributed by atoms with Crippen LogP contribution in [-0.2, 0) is 7.59 Å². The van der Waals surface area contributed by atoms with Gasteiger partial charge in [0.05, 0.1) is 32.5 Å². The van der Waals surface area contributed by atoms with E-state index in [4.69, 9.17) is 92.8 Å². The van der Waals surface area contributed by atoms with E-state index < -0.39 is 7.59 Å². The van der Waals surface area contributed by atoms with E-state index in [9.17, 15) is 0 Å². The highest BCUT2D eigenvalue weighted by Crippen LogP contribution is 2.44. The molecule has 0 bridgehead atoms. The van der Waals surface area contributed by atoms with Crippen molar-refractivity contribution < 1.29 is 0 Å². The molecule has 0 aliphatic rings. The summed E-state index contributed by atoms with van der Waals surface area (Å²) in [5.74, 6) is 0. The van der Waals surface area contributed by atoms with Crippen LogP contribution in [0.5, 0.6) is 0 Å². The van der Waals surface area contributed by atoms with Crippen molar-refractivity contribution in [2.45, 2.75) is 21.4 Å². The molecular formula is C22H12Cl8N2. The highest BCUT2D eigenvalue weighted by molar-refractivity contribution is 6.67. The van der Waals surface area contributed by atoms with Gasteiger partial charge in [-0.05, 0) is 61.4 Å². The second-order valence-corrected chi connectivity index (χ2v) is 12.8. The molecule has 10 heteroatoms. The Morgan fingerprint density at radius 1 is 0.562 bits per heavy atom. The van der Waals surface area contributed by atoms with Gasteiger partial charge < -0.3 is 0 Å². The summed E-state index contributed by atoms with van der Waals surface area (Å²) >= 11 is 49.8. The number of benzene rings is 2. The Hall–Kier alpha value is -0.420. The number of aryl methyl sites for hydroxylation is 2. The summed E-state index contributed by atoms with van der Waals surface area (Å²) in [6, 6.07) is 10.8. The van der Waals surface area contributed by atoms with Crippen LogP contribution in [0.4, 0.5) is 0 Å². The van der Waals surface area contributed by atoms with Crippen molar-refractivity contribution in [3.8, 4) is 11.1 Å². The van der Waals surface area contributed by atoms with Gasteiger partial charge in [0, 0.05) is 21.9 Å². The summed E-state index contributed by atoms with van der Waals surface area (Å²) in [5, 5.41) is 2.23. The summed E-state index contributed by atoms with van der Waals surface area (Å²) in [4.78, 5) is 9.27. The molecule has 0 fully saturated rings. The Kier molecular flexibility index (Phi) is 6.68. The molecule has 0 atom stereocenters. The molecule has 0 N–H and O–H groups in total. The summed E-state index contributed by atoms with van der Waals surface area (Å²) in [5.41, 5.74) is 4.88. The molecule has 0 saturated heterocycles. The van der Waals surface area contributed by atoms with Crippen molar-refractivity contribution >= 4 is 115 Å². The minimum atomic E-state index is -1.75. The van der Waals surface area contributed by atoms with Gasteiger partial charge in [-0.3, -0.25) is 0 Å². The molecule has 2 aromatic carbocycles. The van der Waals surface area contributed by atoms with Gasteiger partial charge in [-0.1, -0.05) is 92.8 Å². The molecular weight excluding hydrogens is 576 g/mol. The number of rotatable bonds is 1. The van der Waals surface area contributed by atoms with Gasteiger partial charge in [-0.2, -0.15) is 0 Å². The number of halogens is 8. The number of aromatic nitrogens is 2. The minimum absolute atomic E-state index is 0.204. The highest BCUT2D eigenvalue weighted by Gasteiger charge is 2.28. The molecule has 32 heavy (non-hydrogen) atoms. The van der Waals surface area contributed by atoms with Gasteiger partial charge in [0.25, 0.3) is 0 Å². The summed E-state index contributed by atoms with van der Waals surface area (Å²) in [6.07, 6.45) is 0. The SMILES string of the molecule is Cc1cc(-c2cc(C)cc3c(Cl)cc(C(Cl)(Cl)Cl)nc23)c2nc(C(Cl)(Cl)Cl)cc(Cl)c2c1. The van der Waals surface area contributed by atoms with Crippen molar-refractivity contribution in [3.63, 3.8) is 0 Å². The van der Waals surface area contributed by atoms with Crippen LogP contribution in [0.1, 0.15) is 22.5 Å². The average Bonchev–Trinajstić information content (AvgIpc) is 2.66. The Balaban J connectivity index is 2.18. The van der Waals surface area contributed by atoms with E-state index in [-0.39, 0.29) is 11.4 Å². The number of nitrogens with zero attached hydrogens (tertiary/aromatic N) is 2. The minimum Gasteiger partial charge on any atom is -0.248 e. The van der Waals surface area contributed by atoms with Gasteiger partial charge in [0.1, 0.15) is 0 Å². The van der Waals surface area contributed by atoms with E-state index in [0.717, 1.165) is 22.3 Å². The number of alkyl halides is 6. The van der Waals surface area contributed by atoms with E-state index in [1.54, 1.807) is 12.1 Å². The third kappa shape index (κ3) is 4.72. The van der Waals surface area contributed by atoms with Crippen LogP contribution >= 0.6 is 92.8 Å². The van der Waals surface area contributed by atoms with Gasteiger partial charge >= 0.3 is 0 Å². The van der Waals surface area contributed by atoms with Crippen molar-refractivity contribution in [2.24, 2.45) is 0 Å². The first-order valence-electron chi connectivity index (χ1n) is 9.12. The molecule has 4 aromatic rings. The van der Waals surface area contributed by atoms with E-state index in [1.165, 1.54) is 0 Å². The van der Waals surface area contributed by atoms with E-state index >= 15 is 0 Å². The van der Waals surface area contributed by atoms with Crippen LogP contribution in [0.25, 0.3) is 32.9 Å². The van der Waals surface area contributed by atoms with Crippen molar-refractivity contribution in [1.29, 1.82) is 0 Å². The molecule has 2 aromatic heterocycles. The molecule has 2 nitrogen and oxygen atoms in total. The second-order valence-electron chi connectivity index (χ2n) is 7.39. The number of hydrogen-bond acceptors (Lipinski definition) is 2. The number of fused-ring (bicyclic) bond motifs is 2. The molecule has 0 amide bonds. The largest absolute Gasteiger partial charge is 0.248 e. The zero-order chi connectivity index (χ0) is 23.6. The first-order valence-corrected chi connectivity index (χ1v) is 12.1. The lowest BCUT2D eigenvalue weighted by Crippen LogP contribution is -2.06. The molecule has 0 saturated carbocycles. The molecule has 0 spiro atoms. The fraction of sp³-hybridized carbons (Fsp3) is 0.182. The van der Waals surface area contributed by atoms with Crippen LogP contribution in [0.15, 0.2) is 36.4 Å². The Labute approximate surface area is 224 Å². The van der Waals surface area contributed by atoms with Gasteiger partial charge in [-0.15, -0.1) is 0 Å². The molecule has 0 aliphatic carbocycles. The van der Waals surface area contributed by atoms with Gasteiger partial charge in [0.15, 0.2) is 0 Å². The Bertz CT molecular complexity index is 1280. The molecule has 166 valence electrons. The van der Waals surface area contributed by atoms with Crippen molar-refractivity contribution in [3.05, 3.63) is 69.0 Å². The van der Waals surface area contributed by atoms with Crippen LogP contribution in [0.3, 0.4) is 0 Å². The highest BCUT2D eigenvalue weighted by atomic mass is 35.6. The third-order valence-electron chi connectivity index (χ3n) is 4.89. The maximum Gasteiger partial charge on any atom is 0.232 e. The second kappa shape index (κ2) is 8.66. The van der Waals surface area contributed by atoms with Gasteiger partial charge in [-0.25, -0.2) is 9.97 Å². The Morgan fingerprint density at radius 2 is 0.906 bits per heavy atom. The smallest absolute Gasteiger partial charge is 0.232 e. The van der Waals surface area contributed by atoms with Crippen molar-refractivity contribution in [2.75, 3.05) is 0 Å². The summed E-state index contributed by atoms with van der Waals surface area (Å²) < 4.78 is -3.50. The predicted molar refractivity (Wildman–Crippen MR) is 140 cm³/mol. The van der Waals surface area contributed by atoms with Crippen LogP contribution in [0.2, 0.25) is 10.0 Å². The van der Waals surface area contributed by atoms with Gasteiger partial charge in [0.2, 0.25) is 7.59 Å². The fourth-order valence-corrected chi connectivity index (χ4v) is 4.64. The van der Waals surface area contributed by atoms with Crippen LogP contribution < -0.4 is 0 Å². The maximum absolute atomic E-state index is 6.55. The first-order chi connectivity index (χ1) is 14.8. The van der Waals surface area contributed by atoms with Crippen molar-refractivity contribution in [1.82, 2.24) is 9.97 Å². The van der Waals surface area contributed by atoms with E-state index in [1.807, 2.05) is 38.1 Å². The molecule has 0 unspecified atom stereocenters.